The van der Waals surface area contributed by atoms with Crippen molar-refractivity contribution in [3.05, 3.63) is 59.9 Å². The molecule has 2 rings (SSSR count). The van der Waals surface area contributed by atoms with Gasteiger partial charge in [0.1, 0.15) is 5.17 Å². The minimum Gasteiger partial charge on any atom is -0.364 e. The summed E-state index contributed by atoms with van der Waals surface area (Å²) >= 11 is 5.81. The Labute approximate surface area is 112 Å². The van der Waals surface area contributed by atoms with Gasteiger partial charge in [0.15, 0.2) is 0 Å². The van der Waals surface area contributed by atoms with Crippen LogP contribution >= 0.6 is 11.6 Å². The third-order valence-corrected chi connectivity index (χ3v) is 3.15. The molecule has 0 spiro atoms. The monoisotopic (exact) mass is 261 g/mol. The number of halogens is 1. The summed E-state index contributed by atoms with van der Waals surface area (Å²) < 4.78 is 0. The Bertz CT molecular complexity index is 479. The number of hydrogen-bond acceptors (Lipinski definition) is 3. The number of hydrogen-bond donors (Lipinski definition) is 2. The molecular formula is C14H16ClN3. The predicted molar refractivity (Wildman–Crippen MR) is 75.7 cm³/mol. The molecule has 0 aliphatic carbocycles. The fraction of sp³-hybridized carbons (Fsp3) is 0.214. The third kappa shape index (κ3) is 3.00. The highest BCUT2D eigenvalue weighted by molar-refractivity contribution is 6.68. The van der Waals surface area contributed by atoms with Gasteiger partial charge in [0.05, 0.1) is 0 Å². The van der Waals surface area contributed by atoms with Gasteiger partial charge in [-0.25, -0.2) is 0 Å². The fourth-order valence-electron chi connectivity index (χ4n) is 2.11. The van der Waals surface area contributed by atoms with Gasteiger partial charge < -0.3 is 5.32 Å². The summed E-state index contributed by atoms with van der Waals surface area (Å²) in [6.45, 7) is 5.98. The molecule has 0 saturated carbocycles. The first-order chi connectivity index (χ1) is 8.70. The zero-order valence-electron chi connectivity index (χ0n) is 10.1. The molecule has 0 fully saturated rings. The molecule has 1 aliphatic rings. The highest BCUT2D eigenvalue weighted by atomic mass is 35.5. The Morgan fingerprint density at radius 3 is 2.72 bits per heavy atom. The van der Waals surface area contributed by atoms with Crippen molar-refractivity contribution in [2.45, 2.75) is 6.54 Å². The van der Waals surface area contributed by atoms with Gasteiger partial charge in [-0.3, -0.25) is 10.3 Å². The first kappa shape index (κ1) is 12.9. The Kier molecular flexibility index (Phi) is 4.18. The molecule has 1 heterocycles. The van der Waals surface area contributed by atoms with Crippen LogP contribution in [0.15, 0.2) is 54.4 Å². The van der Waals surface area contributed by atoms with E-state index in [0.717, 1.165) is 24.4 Å². The lowest BCUT2D eigenvalue weighted by molar-refractivity contribution is 0.337. The summed E-state index contributed by atoms with van der Waals surface area (Å²) in [6, 6.07) is 10.3. The quantitative estimate of drug-likeness (QED) is 0.800. The molecule has 1 aliphatic heterocycles. The molecule has 2 N–H and O–H groups in total. The third-order valence-electron chi connectivity index (χ3n) is 2.92. The molecule has 1 aromatic rings. The van der Waals surface area contributed by atoms with Crippen molar-refractivity contribution in [2.75, 3.05) is 13.1 Å². The average molecular weight is 262 g/mol. The molecule has 0 atom stereocenters. The van der Waals surface area contributed by atoms with E-state index in [9.17, 15) is 0 Å². The van der Waals surface area contributed by atoms with Crippen LogP contribution in [0.1, 0.15) is 5.56 Å². The summed E-state index contributed by atoms with van der Waals surface area (Å²) in [5.74, 6) is 0. The highest BCUT2D eigenvalue weighted by Crippen LogP contribution is 2.20. The van der Waals surface area contributed by atoms with Gasteiger partial charge in [-0.05, 0) is 11.8 Å². The second-order valence-electron chi connectivity index (χ2n) is 4.25. The first-order valence-electron chi connectivity index (χ1n) is 5.81. The van der Waals surface area contributed by atoms with Gasteiger partial charge in [-0.2, -0.15) is 0 Å². The van der Waals surface area contributed by atoms with E-state index in [-0.39, 0.29) is 5.17 Å². The van der Waals surface area contributed by atoms with Crippen LogP contribution in [0.5, 0.6) is 0 Å². The van der Waals surface area contributed by atoms with Gasteiger partial charge in [0.2, 0.25) is 0 Å². The maximum Gasteiger partial charge on any atom is 0.127 e. The maximum absolute atomic E-state index is 7.58. The topological polar surface area (TPSA) is 39.1 Å². The van der Waals surface area contributed by atoms with Gasteiger partial charge in [0.25, 0.3) is 0 Å². The molecule has 3 nitrogen and oxygen atoms in total. The van der Waals surface area contributed by atoms with Gasteiger partial charge >= 0.3 is 0 Å². The number of nitrogens with zero attached hydrogens (tertiary/aromatic N) is 1. The zero-order valence-corrected chi connectivity index (χ0v) is 10.9. The summed E-state index contributed by atoms with van der Waals surface area (Å²) in [5, 5.41) is 10.8. The lowest BCUT2D eigenvalue weighted by Gasteiger charge is -2.15. The summed E-state index contributed by atoms with van der Waals surface area (Å²) in [5.41, 5.74) is 3.09. The van der Waals surface area contributed by atoms with E-state index in [1.807, 2.05) is 18.2 Å². The predicted octanol–water partition coefficient (Wildman–Crippen LogP) is 2.71. The summed E-state index contributed by atoms with van der Waals surface area (Å²) in [4.78, 5) is 2.24. The first-order valence-corrected chi connectivity index (χ1v) is 6.18. The minimum atomic E-state index is 0.106. The molecule has 94 valence electrons. The van der Waals surface area contributed by atoms with Crippen molar-refractivity contribution in [1.29, 1.82) is 5.41 Å². The molecule has 0 bridgehead atoms. The molecule has 0 amide bonds. The molecule has 1 aromatic carbocycles. The van der Waals surface area contributed by atoms with E-state index in [1.54, 1.807) is 6.20 Å². The second kappa shape index (κ2) is 5.85. The van der Waals surface area contributed by atoms with E-state index in [0.29, 0.717) is 6.54 Å². The molecule has 18 heavy (non-hydrogen) atoms. The standard InChI is InChI=1S/C14H16ClN3/c1-2-17-13-10-18(9-12(13)14(15)16)8-11-6-4-3-5-7-11/h2-7,16-17H,1,8-10H2. The fourth-order valence-corrected chi connectivity index (χ4v) is 2.28. The smallest absolute Gasteiger partial charge is 0.127 e. The van der Waals surface area contributed by atoms with E-state index in [2.05, 4.69) is 28.9 Å². The number of rotatable bonds is 5. The van der Waals surface area contributed by atoms with Crippen LogP contribution in [0.25, 0.3) is 0 Å². The normalized spacial score (nSPS) is 15.8. The highest BCUT2D eigenvalue weighted by Gasteiger charge is 2.23. The van der Waals surface area contributed by atoms with Crippen LogP contribution in [-0.4, -0.2) is 23.2 Å². The molecule has 0 aromatic heterocycles. The lowest BCUT2D eigenvalue weighted by atomic mass is 10.2. The molecular weight excluding hydrogens is 246 g/mol. The van der Waals surface area contributed by atoms with Crippen molar-refractivity contribution < 1.29 is 0 Å². The van der Waals surface area contributed by atoms with Crippen molar-refractivity contribution in [3.63, 3.8) is 0 Å². The van der Waals surface area contributed by atoms with E-state index in [4.69, 9.17) is 17.0 Å². The van der Waals surface area contributed by atoms with E-state index in [1.165, 1.54) is 5.56 Å². The summed E-state index contributed by atoms with van der Waals surface area (Å²) in [7, 11) is 0. The lowest BCUT2D eigenvalue weighted by Crippen LogP contribution is -2.22. The van der Waals surface area contributed by atoms with Crippen LogP contribution in [0.4, 0.5) is 0 Å². The Morgan fingerprint density at radius 2 is 2.11 bits per heavy atom. The maximum atomic E-state index is 7.58. The number of benzene rings is 1. The molecule has 4 heteroatoms. The van der Waals surface area contributed by atoms with Gasteiger partial charge in [-0.1, -0.05) is 48.5 Å². The molecule has 0 saturated heterocycles. The Balaban J connectivity index is 2.04. The summed E-state index contributed by atoms with van der Waals surface area (Å²) in [6.07, 6.45) is 1.63. The Morgan fingerprint density at radius 1 is 1.39 bits per heavy atom. The van der Waals surface area contributed by atoms with Crippen LogP contribution in [0.2, 0.25) is 0 Å². The zero-order chi connectivity index (χ0) is 13.0. The Hall–Kier alpha value is -1.58. The van der Waals surface area contributed by atoms with Gasteiger partial charge in [-0.15, -0.1) is 0 Å². The van der Waals surface area contributed by atoms with E-state index < -0.39 is 0 Å². The van der Waals surface area contributed by atoms with Crippen molar-refractivity contribution in [1.82, 2.24) is 10.2 Å². The molecule has 0 radical (unpaired) electrons. The van der Waals surface area contributed by atoms with Crippen LogP contribution in [0, 0.1) is 5.41 Å². The average Bonchev–Trinajstić information content (AvgIpc) is 2.74. The largest absolute Gasteiger partial charge is 0.364 e. The van der Waals surface area contributed by atoms with Crippen LogP contribution in [-0.2, 0) is 6.54 Å². The molecule has 0 unspecified atom stereocenters. The van der Waals surface area contributed by atoms with Crippen LogP contribution in [0.3, 0.4) is 0 Å². The second-order valence-corrected chi connectivity index (χ2v) is 4.63. The van der Waals surface area contributed by atoms with Crippen LogP contribution < -0.4 is 5.32 Å². The SMILES string of the molecule is C=CNC1=C(C(=N)Cl)CN(Cc2ccccc2)C1. The minimum absolute atomic E-state index is 0.106. The van der Waals surface area contributed by atoms with Crippen molar-refractivity contribution in [3.8, 4) is 0 Å². The van der Waals surface area contributed by atoms with Gasteiger partial charge in [0, 0.05) is 30.9 Å². The van der Waals surface area contributed by atoms with Crippen molar-refractivity contribution >= 4 is 16.8 Å². The van der Waals surface area contributed by atoms with Crippen molar-refractivity contribution in [2.24, 2.45) is 0 Å². The number of nitrogens with one attached hydrogen (secondary N) is 2. The van der Waals surface area contributed by atoms with E-state index >= 15 is 0 Å².